The van der Waals surface area contributed by atoms with Gasteiger partial charge in [-0.15, -0.1) is 11.6 Å². The van der Waals surface area contributed by atoms with Crippen LogP contribution >= 0.6 is 11.6 Å². The van der Waals surface area contributed by atoms with Gasteiger partial charge in [-0.3, -0.25) is 4.98 Å². The Labute approximate surface area is 97.1 Å². The van der Waals surface area contributed by atoms with E-state index in [0.29, 0.717) is 0 Å². The van der Waals surface area contributed by atoms with Crippen molar-refractivity contribution in [3.05, 3.63) is 30.1 Å². The van der Waals surface area contributed by atoms with Gasteiger partial charge in [0.05, 0.1) is 0 Å². The highest BCUT2D eigenvalue weighted by Crippen LogP contribution is 2.20. The first kappa shape index (κ1) is 12.5. The standard InChI is InChI=1S/C12H19ClN2/c1-12(2,10-15-7-3-6-13)11-4-8-14-9-5-11/h4-5,8-9,15H,3,6-7,10H2,1-2H3. The maximum atomic E-state index is 5.62. The van der Waals surface area contributed by atoms with Crippen molar-refractivity contribution in [1.82, 2.24) is 10.3 Å². The third-order valence-corrected chi connectivity index (χ3v) is 2.78. The van der Waals surface area contributed by atoms with E-state index in [2.05, 4.69) is 36.3 Å². The van der Waals surface area contributed by atoms with Crippen LogP contribution in [0.3, 0.4) is 0 Å². The Morgan fingerprint density at radius 2 is 2.00 bits per heavy atom. The maximum absolute atomic E-state index is 5.62. The summed E-state index contributed by atoms with van der Waals surface area (Å²) in [5.74, 6) is 0.725. The highest BCUT2D eigenvalue weighted by molar-refractivity contribution is 6.17. The van der Waals surface area contributed by atoms with Gasteiger partial charge in [0.1, 0.15) is 0 Å². The van der Waals surface area contributed by atoms with Crippen LogP contribution in [0.15, 0.2) is 24.5 Å². The number of rotatable bonds is 6. The lowest BCUT2D eigenvalue weighted by Gasteiger charge is -2.25. The number of nitrogens with zero attached hydrogens (tertiary/aromatic N) is 1. The van der Waals surface area contributed by atoms with E-state index in [1.165, 1.54) is 5.56 Å². The van der Waals surface area contributed by atoms with Gasteiger partial charge in [-0.2, -0.15) is 0 Å². The summed E-state index contributed by atoms with van der Waals surface area (Å²) in [6.07, 6.45) is 4.71. The van der Waals surface area contributed by atoms with Crippen LogP contribution in [0.4, 0.5) is 0 Å². The van der Waals surface area contributed by atoms with Crippen LogP contribution in [-0.4, -0.2) is 24.0 Å². The number of aromatic nitrogens is 1. The average molecular weight is 227 g/mol. The molecule has 1 rings (SSSR count). The van der Waals surface area contributed by atoms with Gasteiger partial charge in [0.25, 0.3) is 0 Å². The second-order valence-corrected chi connectivity index (χ2v) is 4.72. The lowest BCUT2D eigenvalue weighted by atomic mass is 9.85. The van der Waals surface area contributed by atoms with Crippen molar-refractivity contribution in [3.8, 4) is 0 Å². The molecule has 0 saturated carbocycles. The summed E-state index contributed by atoms with van der Waals surface area (Å²) in [6, 6.07) is 4.15. The van der Waals surface area contributed by atoms with Gasteiger partial charge < -0.3 is 5.32 Å². The molecule has 1 aromatic heterocycles. The summed E-state index contributed by atoms with van der Waals surface area (Å²) < 4.78 is 0. The molecule has 1 aromatic rings. The third kappa shape index (κ3) is 4.18. The van der Waals surface area contributed by atoms with Crippen molar-refractivity contribution in [2.45, 2.75) is 25.7 Å². The molecule has 15 heavy (non-hydrogen) atoms. The molecular weight excluding hydrogens is 208 g/mol. The highest BCUT2D eigenvalue weighted by Gasteiger charge is 2.19. The van der Waals surface area contributed by atoms with E-state index in [4.69, 9.17) is 11.6 Å². The fourth-order valence-electron chi connectivity index (χ4n) is 1.50. The summed E-state index contributed by atoms with van der Waals surface area (Å²) in [6.45, 7) is 6.41. The van der Waals surface area contributed by atoms with Crippen molar-refractivity contribution >= 4 is 11.6 Å². The number of hydrogen-bond donors (Lipinski definition) is 1. The van der Waals surface area contributed by atoms with Gasteiger partial charge in [0.2, 0.25) is 0 Å². The normalized spacial score (nSPS) is 11.7. The zero-order valence-corrected chi connectivity index (χ0v) is 10.2. The Kier molecular flexibility index (Phi) is 5.06. The Morgan fingerprint density at radius 1 is 1.33 bits per heavy atom. The van der Waals surface area contributed by atoms with E-state index in [9.17, 15) is 0 Å². The van der Waals surface area contributed by atoms with E-state index in [1.54, 1.807) is 0 Å². The van der Waals surface area contributed by atoms with Crippen LogP contribution < -0.4 is 5.32 Å². The topological polar surface area (TPSA) is 24.9 Å². The fraction of sp³-hybridized carbons (Fsp3) is 0.583. The quantitative estimate of drug-likeness (QED) is 0.596. The molecule has 0 atom stereocenters. The Balaban J connectivity index is 2.45. The fourth-order valence-corrected chi connectivity index (χ4v) is 1.63. The van der Waals surface area contributed by atoms with Gasteiger partial charge in [-0.1, -0.05) is 13.8 Å². The van der Waals surface area contributed by atoms with Crippen LogP contribution in [0.25, 0.3) is 0 Å². The second kappa shape index (κ2) is 6.09. The van der Waals surface area contributed by atoms with Gasteiger partial charge in [0.15, 0.2) is 0 Å². The first-order valence-corrected chi connectivity index (χ1v) is 5.87. The summed E-state index contributed by atoms with van der Waals surface area (Å²) in [5.41, 5.74) is 1.46. The van der Waals surface area contributed by atoms with Crippen LogP contribution in [0.2, 0.25) is 0 Å². The molecule has 0 spiro atoms. The molecule has 0 aliphatic carbocycles. The van der Waals surface area contributed by atoms with Crippen LogP contribution in [0, 0.1) is 0 Å². The van der Waals surface area contributed by atoms with Crippen molar-refractivity contribution in [2.24, 2.45) is 0 Å². The first-order chi connectivity index (χ1) is 7.17. The number of halogens is 1. The van der Waals surface area contributed by atoms with Crippen molar-refractivity contribution in [1.29, 1.82) is 0 Å². The molecular formula is C12H19ClN2. The molecule has 1 heterocycles. The minimum absolute atomic E-state index is 0.148. The first-order valence-electron chi connectivity index (χ1n) is 5.34. The molecule has 84 valence electrons. The van der Waals surface area contributed by atoms with E-state index < -0.39 is 0 Å². The number of nitrogens with one attached hydrogen (secondary N) is 1. The van der Waals surface area contributed by atoms with E-state index in [1.807, 2.05) is 12.4 Å². The summed E-state index contributed by atoms with van der Waals surface area (Å²) in [7, 11) is 0. The highest BCUT2D eigenvalue weighted by atomic mass is 35.5. The molecule has 3 heteroatoms. The molecule has 0 fully saturated rings. The van der Waals surface area contributed by atoms with Crippen molar-refractivity contribution < 1.29 is 0 Å². The van der Waals surface area contributed by atoms with Crippen LogP contribution in [0.1, 0.15) is 25.8 Å². The van der Waals surface area contributed by atoms with Crippen molar-refractivity contribution in [3.63, 3.8) is 0 Å². The van der Waals surface area contributed by atoms with Gasteiger partial charge in [-0.25, -0.2) is 0 Å². The molecule has 0 aliphatic rings. The summed E-state index contributed by atoms with van der Waals surface area (Å²) in [5, 5.41) is 3.42. The molecule has 0 unspecified atom stereocenters. The lowest BCUT2D eigenvalue weighted by Crippen LogP contribution is -2.33. The molecule has 1 N–H and O–H groups in total. The molecule has 0 bridgehead atoms. The smallest absolute Gasteiger partial charge is 0.0270 e. The molecule has 0 aromatic carbocycles. The average Bonchev–Trinajstić information content (AvgIpc) is 2.26. The zero-order chi connectivity index (χ0) is 11.1. The number of alkyl halides is 1. The Morgan fingerprint density at radius 3 is 2.60 bits per heavy atom. The van der Waals surface area contributed by atoms with Gasteiger partial charge in [-0.05, 0) is 30.7 Å². The Hall–Kier alpha value is -0.600. The maximum Gasteiger partial charge on any atom is 0.0270 e. The largest absolute Gasteiger partial charge is 0.316 e. The number of hydrogen-bond acceptors (Lipinski definition) is 2. The molecule has 0 aliphatic heterocycles. The van der Waals surface area contributed by atoms with E-state index in [0.717, 1.165) is 25.4 Å². The Bertz CT molecular complexity index is 272. The summed E-state index contributed by atoms with van der Waals surface area (Å²) >= 11 is 5.62. The van der Waals surface area contributed by atoms with Crippen LogP contribution in [0.5, 0.6) is 0 Å². The molecule has 0 amide bonds. The summed E-state index contributed by atoms with van der Waals surface area (Å²) in [4.78, 5) is 4.03. The van der Waals surface area contributed by atoms with E-state index >= 15 is 0 Å². The van der Waals surface area contributed by atoms with Crippen LogP contribution in [-0.2, 0) is 5.41 Å². The minimum atomic E-state index is 0.148. The zero-order valence-electron chi connectivity index (χ0n) is 9.46. The molecule has 0 saturated heterocycles. The number of pyridine rings is 1. The SMILES string of the molecule is CC(C)(CNCCCCl)c1ccncc1. The van der Waals surface area contributed by atoms with E-state index in [-0.39, 0.29) is 5.41 Å². The molecule has 0 radical (unpaired) electrons. The third-order valence-electron chi connectivity index (χ3n) is 2.52. The monoisotopic (exact) mass is 226 g/mol. The minimum Gasteiger partial charge on any atom is -0.316 e. The lowest BCUT2D eigenvalue weighted by molar-refractivity contribution is 0.469. The molecule has 2 nitrogen and oxygen atoms in total. The van der Waals surface area contributed by atoms with Gasteiger partial charge >= 0.3 is 0 Å². The van der Waals surface area contributed by atoms with Gasteiger partial charge in [0, 0.05) is 30.2 Å². The van der Waals surface area contributed by atoms with Crippen molar-refractivity contribution in [2.75, 3.05) is 19.0 Å². The predicted molar refractivity (Wildman–Crippen MR) is 65.5 cm³/mol. The predicted octanol–water partition coefficient (Wildman–Crippen LogP) is 2.58. The second-order valence-electron chi connectivity index (χ2n) is 4.34.